The zero-order valence-corrected chi connectivity index (χ0v) is 22.8. The lowest BCUT2D eigenvalue weighted by molar-refractivity contribution is -0.190. The molecule has 212 valence electrons. The molecule has 40 heavy (non-hydrogen) atoms. The number of carbonyl (C=O) groups excluding carboxylic acids is 1. The molecule has 0 aromatic carbocycles. The summed E-state index contributed by atoms with van der Waals surface area (Å²) in [5.41, 5.74) is 4.96. The van der Waals surface area contributed by atoms with Crippen molar-refractivity contribution in [1.82, 2.24) is 29.9 Å². The van der Waals surface area contributed by atoms with Gasteiger partial charge in [0.25, 0.3) is 5.91 Å². The van der Waals surface area contributed by atoms with Crippen molar-refractivity contribution in [2.75, 3.05) is 16.9 Å². The first-order valence-corrected chi connectivity index (χ1v) is 13.9. The van der Waals surface area contributed by atoms with Crippen LogP contribution >= 0.6 is 11.9 Å². The lowest BCUT2D eigenvalue weighted by Gasteiger charge is -2.38. The molecule has 2 bridgehead atoms. The van der Waals surface area contributed by atoms with Gasteiger partial charge in [-0.2, -0.15) is 13.2 Å². The maximum absolute atomic E-state index is 13.4. The molecule has 3 aliphatic rings. The Morgan fingerprint density at radius 2 is 1.95 bits per heavy atom. The molecule has 1 atom stereocenters. The van der Waals surface area contributed by atoms with Crippen LogP contribution in [0.25, 0.3) is 5.82 Å². The lowest BCUT2D eigenvalue weighted by atomic mass is 10.0. The summed E-state index contributed by atoms with van der Waals surface area (Å²) in [4.78, 5) is 24.8. The molecule has 2 fully saturated rings. The number of hydrogen-bond acceptors (Lipinski definition) is 9. The van der Waals surface area contributed by atoms with Crippen molar-refractivity contribution in [3.63, 3.8) is 0 Å². The predicted octanol–water partition coefficient (Wildman–Crippen LogP) is 4.85. The molecule has 1 aliphatic carbocycles. The maximum atomic E-state index is 13.4. The Morgan fingerprint density at radius 1 is 1.12 bits per heavy atom. The molecule has 3 aromatic rings. The molecule has 6 rings (SSSR count). The maximum Gasteiger partial charge on any atom is 0.394 e. The number of anilines is 2. The number of hydrazine groups is 1. The Hall–Kier alpha value is -3.52. The van der Waals surface area contributed by atoms with Gasteiger partial charge in [0.15, 0.2) is 5.82 Å². The molecule has 0 spiro atoms. The van der Waals surface area contributed by atoms with Gasteiger partial charge in [0.2, 0.25) is 5.88 Å². The van der Waals surface area contributed by atoms with Crippen molar-refractivity contribution < 1.29 is 22.7 Å². The Morgan fingerprint density at radius 3 is 2.73 bits per heavy atom. The number of halogens is 3. The number of pyridine rings is 2. The number of nitrogens with zero attached hydrogens (tertiary/aromatic N) is 5. The molecule has 3 N–H and O–H groups in total. The van der Waals surface area contributed by atoms with Gasteiger partial charge in [-0.15, -0.1) is 5.10 Å². The van der Waals surface area contributed by atoms with Crippen molar-refractivity contribution in [2.45, 2.75) is 68.9 Å². The molecule has 1 unspecified atom stereocenters. The van der Waals surface area contributed by atoms with Gasteiger partial charge in [0.05, 0.1) is 23.8 Å². The highest BCUT2D eigenvalue weighted by Gasteiger charge is 2.62. The third-order valence-corrected chi connectivity index (χ3v) is 8.47. The second-order valence-corrected chi connectivity index (χ2v) is 11.7. The average Bonchev–Trinajstić information content (AvgIpc) is 3.47. The van der Waals surface area contributed by atoms with Crippen LogP contribution in [0, 0.1) is 5.41 Å². The van der Waals surface area contributed by atoms with E-state index in [-0.39, 0.29) is 49.4 Å². The van der Waals surface area contributed by atoms with Crippen molar-refractivity contribution in [1.29, 1.82) is 0 Å². The fourth-order valence-electron chi connectivity index (χ4n) is 5.20. The van der Waals surface area contributed by atoms with E-state index >= 15 is 0 Å². The number of nitrogens with one attached hydrogen (secondary N) is 3. The Labute approximate surface area is 233 Å². The lowest BCUT2D eigenvalue weighted by Crippen LogP contribution is -2.52. The summed E-state index contributed by atoms with van der Waals surface area (Å²) < 4.78 is 49.6. The van der Waals surface area contributed by atoms with Crippen molar-refractivity contribution >= 4 is 29.5 Å². The monoisotopic (exact) mass is 574 g/mol. The molecule has 14 heteroatoms. The van der Waals surface area contributed by atoms with Crippen LogP contribution in [0.5, 0.6) is 5.88 Å². The number of carbonyl (C=O) groups is 1. The topological polar surface area (TPSA) is 109 Å². The summed E-state index contributed by atoms with van der Waals surface area (Å²) in [6.07, 6.45) is -0.953. The first kappa shape index (κ1) is 26.7. The van der Waals surface area contributed by atoms with Crippen LogP contribution in [0.4, 0.5) is 24.8 Å². The Balaban J connectivity index is 1.28. The van der Waals surface area contributed by atoms with E-state index < -0.39 is 11.6 Å². The van der Waals surface area contributed by atoms with Crippen LogP contribution in [-0.2, 0) is 0 Å². The summed E-state index contributed by atoms with van der Waals surface area (Å²) >= 11 is 1.11. The van der Waals surface area contributed by atoms with Crippen LogP contribution in [0.3, 0.4) is 0 Å². The van der Waals surface area contributed by atoms with Crippen LogP contribution in [-0.4, -0.2) is 50.1 Å². The summed E-state index contributed by atoms with van der Waals surface area (Å²) in [5, 5.41) is 5.01. The normalized spacial score (nSPS) is 21.3. The fraction of sp³-hybridized carbons (Fsp3) is 0.462. The van der Waals surface area contributed by atoms with Gasteiger partial charge in [-0.25, -0.2) is 20.1 Å². The van der Waals surface area contributed by atoms with Crippen molar-refractivity contribution in [3.05, 3.63) is 48.2 Å². The van der Waals surface area contributed by atoms with Crippen LogP contribution in [0.1, 0.15) is 56.3 Å². The fourth-order valence-corrected chi connectivity index (χ4v) is 5.80. The minimum absolute atomic E-state index is 0.0782. The third kappa shape index (κ3) is 5.05. The van der Waals surface area contributed by atoms with E-state index in [2.05, 4.69) is 44.4 Å². The number of aromatic nitrogens is 4. The van der Waals surface area contributed by atoms with E-state index in [0.717, 1.165) is 24.8 Å². The number of fused-ring (bicyclic) bond motifs is 5. The minimum Gasteiger partial charge on any atom is -0.477 e. The van der Waals surface area contributed by atoms with Gasteiger partial charge in [-0.3, -0.25) is 9.52 Å². The molecule has 2 aliphatic heterocycles. The van der Waals surface area contributed by atoms with Crippen molar-refractivity contribution in [2.24, 2.45) is 5.41 Å². The second-order valence-electron chi connectivity index (χ2n) is 10.9. The number of hydrogen-bond donors (Lipinski definition) is 3. The SMILES string of the molecule is CC1(C)CCC2NNc3cccc(n3)SNC(=O)c3ccc(-n4ccc(OCCC5(C(F)(F)F)CC5)n4)nc3N21. The van der Waals surface area contributed by atoms with E-state index in [1.54, 1.807) is 30.5 Å². The standard InChI is InChI=1S/C26H29F3N8O2S/c1-24(2)10-8-19-33-32-17-4-3-5-21(30-17)40-35-23(38)16-6-7-18(31-22(16)37(19)24)36-14-9-20(34-36)39-15-13-25(11-12-25)26(27,28)29/h3-7,9,14,19,33H,8,10-13,15H2,1-2H3,(H,30,32)(H,35,38). The summed E-state index contributed by atoms with van der Waals surface area (Å²) in [5.74, 6) is 1.44. The van der Waals surface area contributed by atoms with E-state index in [1.807, 2.05) is 12.1 Å². The number of rotatable bonds is 5. The van der Waals surface area contributed by atoms with E-state index in [0.29, 0.717) is 28.0 Å². The van der Waals surface area contributed by atoms with Crippen molar-refractivity contribution in [3.8, 4) is 11.7 Å². The summed E-state index contributed by atoms with van der Waals surface area (Å²) in [7, 11) is 0. The largest absolute Gasteiger partial charge is 0.477 e. The van der Waals surface area contributed by atoms with E-state index in [9.17, 15) is 18.0 Å². The second kappa shape index (κ2) is 9.84. The molecule has 5 heterocycles. The van der Waals surface area contributed by atoms with E-state index in [1.165, 1.54) is 4.68 Å². The summed E-state index contributed by atoms with van der Waals surface area (Å²) in [6, 6.07) is 10.5. The van der Waals surface area contributed by atoms with Crippen LogP contribution in [0.2, 0.25) is 0 Å². The molecular formula is C26H29F3N8O2S. The number of amides is 1. The third-order valence-electron chi connectivity index (χ3n) is 7.75. The van der Waals surface area contributed by atoms with Gasteiger partial charge in [-0.05, 0) is 70.2 Å². The van der Waals surface area contributed by atoms with Crippen LogP contribution in [0.15, 0.2) is 47.6 Å². The average molecular weight is 575 g/mol. The number of ether oxygens (including phenoxy) is 1. The van der Waals surface area contributed by atoms with Gasteiger partial charge in [-0.1, -0.05) is 6.07 Å². The first-order chi connectivity index (χ1) is 19.0. The predicted molar refractivity (Wildman–Crippen MR) is 143 cm³/mol. The first-order valence-electron chi connectivity index (χ1n) is 13.1. The van der Waals surface area contributed by atoms with E-state index in [4.69, 9.17) is 9.72 Å². The van der Waals surface area contributed by atoms with Gasteiger partial charge in [0, 0.05) is 29.8 Å². The van der Waals surface area contributed by atoms with Gasteiger partial charge < -0.3 is 15.1 Å². The molecular weight excluding hydrogens is 545 g/mol. The van der Waals surface area contributed by atoms with Gasteiger partial charge in [0.1, 0.15) is 16.7 Å². The Bertz CT molecular complexity index is 1420. The smallest absolute Gasteiger partial charge is 0.394 e. The zero-order valence-electron chi connectivity index (χ0n) is 22.0. The molecule has 3 aromatic heterocycles. The highest BCUT2D eigenvalue weighted by Crippen LogP contribution is 2.59. The number of alkyl halides is 3. The molecule has 10 nitrogen and oxygen atoms in total. The molecule has 1 saturated carbocycles. The molecule has 1 saturated heterocycles. The highest BCUT2D eigenvalue weighted by atomic mass is 32.2. The molecule has 0 radical (unpaired) electrons. The minimum atomic E-state index is -4.22. The Kier molecular flexibility index (Phi) is 6.56. The highest BCUT2D eigenvalue weighted by molar-refractivity contribution is 7.97. The summed E-state index contributed by atoms with van der Waals surface area (Å²) in [6.45, 7) is 4.11. The quantitative estimate of drug-likeness (QED) is 0.369. The molecule has 1 amide bonds. The van der Waals surface area contributed by atoms with Crippen LogP contribution < -0.4 is 25.2 Å². The van der Waals surface area contributed by atoms with Gasteiger partial charge >= 0.3 is 6.18 Å². The zero-order chi connectivity index (χ0) is 28.1.